The number of nitrogens with zero attached hydrogens (tertiary/aromatic N) is 1. The predicted octanol–water partition coefficient (Wildman–Crippen LogP) is 1.77. The second kappa shape index (κ2) is 5.51. The minimum Gasteiger partial charge on any atom is -0.492 e. The first-order chi connectivity index (χ1) is 7.45. The van der Waals surface area contributed by atoms with E-state index < -0.39 is 0 Å². The van der Waals surface area contributed by atoms with Gasteiger partial charge in [-0.3, -0.25) is 4.98 Å². The third kappa shape index (κ3) is 3.36. The number of aromatic nitrogens is 1. The molecule has 0 aliphatic carbocycles. The van der Waals surface area contributed by atoms with E-state index in [0.717, 1.165) is 38.3 Å². The molecule has 1 aromatic heterocycles. The quantitative estimate of drug-likeness (QED) is 0.759. The molecule has 0 saturated carbocycles. The van der Waals surface area contributed by atoms with E-state index in [2.05, 4.69) is 16.4 Å². The number of hydrogen-bond donors (Lipinski definition) is 1. The van der Waals surface area contributed by atoms with Gasteiger partial charge in [-0.15, -0.1) is 0 Å². The van der Waals surface area contributed by atoms with Crippen molar-refractivity contribution in [2.45, 2.75) is 12.8 Å². The van der Waals surface area contributed by atoms with Gasteiger partial charge in [0.05, 0.1) is 12.8 Å². The molecule has 0 unspecified atom stereocenters. The molecular formula is C12H16N2O. The summed E-state index contributed by atoms with van der Waals surface area (Å²) >= 11 is 0. The van der Waals surface area contributed by atoms with Gasteiger partial charge in [-0.2, -0.15) is 0 Å². The Morgan fingerprint density at radius 1 is 1.47 bits per heavy atom. The van der Waals surface area contributed by atoms with E-state index in [0.29, 0.717) is 0 Å². The monoisotopic (exact) mass is 204 g/mol. The highest BCUT2D eigenvalue weighted by Crippen LogP contribution is 2.11. The fourth-order valence-corrected chi connectivity index (χ4v) is 1.63. The fraction of sp³-hybridized carbons (Fsp3) is 0.417. The third-order valence-corrected chi connectivity index (χ3v) is 2.48. The lowest BCUT2D eigenvalue weighted by atomic mass is 10.1. The molecule has 2 heterocycles. The lowest BCUT2D eigenvalue weighted by Crippen LogP contribution is -2.21. The number of nitrogens with one attached hydrogen (secondary N) is 1. The van der Waals surface area contributed by atoms with Gasteiger partial charge in [0.1, 0.15) is 5.75 Å². The van der Waals surface area contributed by atoms with Crippen LogP contribution in [-0.2, 0) is 0 Å². The number of hydrogen-bond acceptors (Lipinski definition) is 3. The van der Waals surface area contributed by atoms with Crippen molar-refractivity contribution in [3.8, 4) is 5.75 Å². The van der Waals surface area contributed by atoms with Crippen LogP contribution in [0.5, 0.6) is 5.75 Å². The minimum atomic E-state index is 0.748. The molecule has 0 amide bonds. The van der Waals surface area contributed by atoms with Crippen molar-refractivity contribution in [2.24, 2.45) is 0 Å². The van der Waals surface area contributed by atoms with Gasteiger partial charge in [0.15, 0.2) is 0 Å². The fourth-order valence-electron chi connectivity index (χ4n) is 1.63. The molecular weight excluding hydrogens is 188 g/mol. The van der Waals surface area contributed by atoms with Crippen LogP contribution in [0.3, 0.4) is 0 Å². The van der Waals surface area contributed by atoms with Crippen LogP contribution in [-0.4, -0.2) is 24.7 Å². The standard InChI is InChI=1S/C12H16N2O/c1-2-12(10-14-6-1)15-9-5-11-3-7-13-8-4-11/h1-3,6,10,13H,4-5,7-9H2. The summed E-state index contributed by atoms with van der Waals surface area (Å²) in [5.74, 6) is 0.854. The number of pyridine rings is 1. The highest BCUT2D eigenvalue weighted by Gasteiger charge is 2.02. The summed E-state index contributed by atoms with van der Waals surface area (Å²) in [6.45, 7) is 2.85. The Morgan fingerprint density at radius 3 is 3.20 bits per heavy atom. The SMILES string of the molecule is C1=C(CCOc2cccnc2)CCNC1. The largest absolute Gasteiger partial charge is 0.492 e. The Balaban J connectivity index is 1.73. The van der Waals surface area contributed by atoms with Crippen LogP contribution >= 0.6 is 0 Å². The molecule has 0 fully saturated rings. The number of rotatable bonds is 4. The minimum absolute atomic E-state index is 0.748. The molecule has 0 spiro atoms. The molecule has 3 nitrogen and oxygen atoms in total. The van der Waals surface area contributed by atoms with Crippen molar-refractivity contribution in [1.29, 1.82) is 0 Å². The summed E-state index contributed by atoms with van der Waals surface area (Å²) in [7, 11) is 0. The maximum Gasteiger partial charge on any atom is 0.137 e. The van der Waals surface area contributed by atoms with E-state index in [4.69, 9.17) is 4.74 Å². The molecule has 0 radical (unpaired) electrons. The van der Waals surface area contributed by atoms with E-state index in [9.17, 15) is 0 Å². The van der Waals surface area contributed by atoms with Crippen LogP contribution in [0.25, 0.3) is 0 Å². The Kier molecular flexibility index (Phi) is 3.74. The van der Waals surface area contributed by atoms with Gasteiger partial charge in [-0.05, 0) is 25.1 Å². The van der Waals surface area contributed by atoms with Gasteiger partial charge >= 0.3 is 0 Å². The van der Waals surface area contributed by atoms with Crippen molar-refractivity contribution in [3.63, 3.8) is 0 Å². The third-order valence-electron chi connectivity index (χ3n) is 2.48. The molecule has 2 rings (SSSR count). The maximum atomic E-state index is 5.58. The average Bonchev–Trinajstić information content (AvgIpc) is 2.32. The Bertz CT molecular complexity index is 322. The van der Waals surface area contributed by atoms with Crippen molar-refractivity contribution in [2.75, 3.05) is 19.7 Å². The Hall–Kier alpha value is -1.35. The van der Waals surface area contributed by atoms with E-state index in [1.165, 1.54) is 5.57 Å². The van der Waals surface area contributed by atoms with Crippen LogP contribution in [0.15, 0.2) is 36.2 Å². The predicted molar refractivity (Wildman–Crippen MR) is 59.9 cm³/mol. The first-order valence-electron chi connectivity index (χ1n) is 5.36. The molecule has 15 heavy (non-hydrogen) atoms. The van der Waals surface area contributed by atoms with E-state index in [-0.39, 0.29) is 0 Å². The first-order valence-corrected chi connectivity index (χ1v) is 5.36. The highest BCUT2D eigenvalue weighted by molar-refractivity contribution is 5.15. The summed E-state index contributed by atoms with van der Waals surface area (Å²) in [6.07, 6.45) is 7.93. The van der Waals surface area contributed by atoms with Gasteiger partial charge in [0.2, 0.25) is 0 Å². The van der Waals surface area contributed by atoms with Crippen LogP contribution in [0, 0.1) is 0 Å². The second-order valence-electron chi connectivity index (χ2n) is 3.60. The average molecular weight is 204 g/mol. The zero-order valence-corrected chi connectivity index (χ0v) is 8.78. The molecule has 1 aromatic rings. The topological polar surface area (TPSA) is 34.1 Å². The van der Waals surface area contributed by atoms with Crippen molar-refractivity contribution < 1.29 is 4.74 Å². The molecule has 0 aromatic carbocycles. The van der Waals surface area contributed by atoms with Gasteiger partial charge in [-0.25, -0.2) is 0 Å². The van der Waals surface area contributed by atoms with E-state index in [1.807, 2.05) is 12.1 Å². The van der Waals surface area contributed by atoms with Crippen LogP contribution in [0.2, 0.25) is 0 Å². The molecule has 0 atom stereocenters. The highest BCUT2D eigenvalue weighted by atomic mass is 16.5. The van der Waals surface area contributed by atoms with Crippen LogP contribution < -0.4 is 10.1 Å². The first kappa shape index (κ1) is 10.2. The van der Waals surface area contributed by atoms with E-state index >= 15 is 0 Å². The Labute approximate surface area is 90.2 Å². The molecule has 1 aliphatic rings. The zero-order chi connectivity index (χ0) is 10.3. The van der Waals surface area contributed by atoms with Gasteiger partial charge in [-0.1, -0.05) is 11.6 Å². The normalized spacial score (nSPS) is 15.9. The summed E-state index contributed by atoms with van der Waals surface area (Å²) in [6, 6.07) is 3.82. The molecule has 0 saturated heterocycles. The van der Waals surface area contributed by atoms with Crippen LogP contribution in [0.4, 0.5) is 0 Å². The van der Waals surface area contributed by atoms with Gasteiger partial charge in [0.25, 0.3) is 0 Å². The van der Waals surface area contributed by atoms with Crippen molar-refractivity contribution in [3.05, 3.63) is 36.2 Å². The molecule has 0 bridgehead atoms. The Morgan fingerprint density at radius 2 is 2.47 bits per heavy atom. The second-order valence-corrected chi connectivity index (χ2v) is 3.60. The summed E-state index contributed by atoms with van der Waals surface area (Å²) in [4.78, 5) is 4.00. The maximum absolute atomic E-state index is 5.58. The summed E-state index contributed by atoms with van der Waals surface area (Å²) in [5, 5.41) is 3.30. The smallest absolute Gasteiger partial charge is 0.137 e. The van der Waals surface area contributed by atoms with E-state index in [1.54, 1.807) is 12.4 Å². The van der Waals surface area contributed by atoms with Crippen LogP contribution in [0.1, 0.15) is 12.8 Å². The molecule has 3 heteroatoms. The molecule has 1 aliphatic heterocycles. The number of ether oxygens (including phenoxy) is 1. The lowest BCUT2D eigenvalue weighted by Gasteiger charge is -2.14. The summed E-state index contributed by atoms with van der Waals surface area (Å²) in [5.41, 5.74) is 1.50. The van der Waals surface area contributed by atoms with Crippen molar-refractivity contribution >= 4 is 0 Å². The van der Waals surface area contributed by atoms with Gasteiger partial charge in [0, 0.05) is 19.2 Å². The zero-order valence-electron chi connectivity index (χ0n) is 8.78. The molecule has 1 N–H and O–H groups in total. The van der Waals surface area contributed by atoms with Crippen molar-refractivity contribution in [1.82, 2.24) is 10.3 Å². The lowest BCUT2D eigenvalue weighted by molar-refractivity contribution is 0.318. The summed E-state index contributed by atoms with van der Waals surface area (Å²) < 4.78 is 5.58. The van der Waals surface area contributed by atoms with Gasteiger partial charge < -0.3 is 10.1 Å². The molecule has 80 valence electrons.